The summed E-state index contributed by atoms with van der Waals surface area (Å²) in [6, 6.07) is 4.59. The first-order valence-corrected chi connectivity index (χ1v) is 6.30. The number of halogens is 2. The lowest BCUT2D eigenvalue weighted by Gasteiger charge is -2.07. The SMILES string of the molecule is CCCNC(=O)CNC(=O)c1cc(Cl)ccc1Cl. The highest BCUT2D eigenvalue weighted by atomic mass is 35.5. The molecular weight excluding hydrogens is 275 g/mol. The first kappa shape index (κ1) is 14.8. The fourth-order valence-electron chi connectivity index (χ4n) is 1.25. The molecule has 1 aromatic rings. The van der Waals surface area contributed by atoms with Crippen LogP contribution in [0, 0.1) is 0 Å². The molecule has 1 rings (SSSR count). The predicted molar refractivity (Wildman–Crippen MR) is 72.1 cm³/mol. The third kappa shape index (κ3) is 4.55. The van der Waals surface area contributed by atoms with E-state index in [4.69, 9.17) is 23.2 Å². The van der Waals surface area contributed by atoms with Crippen LogP contribution in [0.5, 0.6) is 0 Å². The van der Waals surface area contributed by atoms with Crippen molar-refractivity contribution in [2.45, 2.75) is 13.3 Å². The Morgan fingerprint density at radius 2 is 1.94 bits per heavy atom. The van der Waals surface area contributed by atoms with Crippen LogP contribution in [0.15, 0.2) is 18.2 Å². The molecule has 0 unspecified atom stereocenters. The van der Waals surface area contributed by atoms with Gasteiger partial charge in [-0.15, -0.1) is 0 Å². The van der Waals surface area contributed by atoms with E-state index in [0.717, 1.165) is 6.42 Å². The maximum atomic E-state index is 11.8. The second-order valence-corrected chi connectivity index (χ2v) is 4.50. The molecule has 98 valence electrons. The van der Waals surface area contributed by atoms with Crippen molar-refractivity contribution in [2.75, 3.05) is 13.1 Å². The summed E-state index contributed by atoms with van der Waals surface area (Å²) in [6.45, 7) is 2.46. The van der Waals surface area contributed by atoms with Crippen LogP contribution in [-0.4, -0.2) is 24.9 Å². The van der Waals surface area contributed by atoms with Crippen molar-refractivity contribution in [1.82, 2.24) is 10.6 Å². The van der Waals surface area contributed by atoms with Crippen LogP contribution in [-0.2, 0) is 4.79 Å². The van der Waals surface area contributed by atoms with Crippen LogP contribution in [0.4, 0.5) is 0 Å². The van der Waals surface area contributed by atoms with Crippen molar-refractivity contribution in [3.8, 4) is 0 Å². The van der Waals surface area contributed by atoms with Gasteiger partial charge in [0.1, 0.15) is 0 Å². The zero-order valence-electron chi connectivity index (χ0n) is 9.93. The molecule has 0 saturated carbocycles. The maximum Gasteiger partial charge on any atom is 0.253 e. The Labute approximate surface area is 116 Å². The van der Waals surface area contributed by atoms with Crippen LogP contribution in [0.3, 0.4) is 0 Å². The molecule has 0 bridgehead atoms. The second-order valence-electron chi connectivity index (χ2n) is 3.66. The van der Waals surface area contributed by atoms with E-state index in [9.17, 15) is 9.59 Å². The number of rotatable bonds is 5. The maximum absolute atomic E-state index is 11.8. The molecule has 0 saturated heterocycles. The minimum absolute atomic E-state index is 0.0817. The number of hydrogen-bond acceptors (Lipinski definition) is 2. The van der Waals surface area contributed by atoms with Crippen molar-refractivity contribution >= 4 is 35.0 Å². The summed E-state index contributed by atoms with van der Waals surface area (Å²) in [6.07, 6.45) is 0.847. The average Bonchev–Trinajstić information content (AvgIpc) is 2.36. The first-order chi connectivity index (χ1) is 8.54. The summed E-state index contributed by atoms with van der Waals surface area (Å²) in [5.41, 5.74) is 0.257. The standard InChI is InChI=1S/C12H14Cl2N2O2/c1-2-5-15-11(17)7-16-12(18)9-6-8(13)3-4-10(9)14/h3-4,6H,2,5,7H2,1H3,(H,15,17)(H,16,18). The number of amides is 2. The summed E-state index contributed by atoms with van der Waals surface area (Å²) >= 11 is 11.6. The Bertz CT molecular complexity index is 450. The molecule has 0 heterocycles. The lowest BCUT2D eigenvalue weighted by atomic mass is 10.2. The van der Waals surface area contributed by atoms with E-state index in [0.29, 0.717) is 16.6 Å². The molecule has 0 fully saturated rings. The molecule has 0 aromatic heterocycles. The zero-order valence-corrected chi connectivity index (χ0v) is 11.4. The molecule has 2 amide bonds. The highest BCUT2D eigenvalue weighted by Crippen LogP contribution is 2.20. The van der Waals surface area contributed by atoms with Gasteiger partial charge in [0, 0.05) is 11.6 Å². The van der Waals surface area contributed by atoms with Crippen LogP contribution < -0.4 is 10.6 Å². The van der Waals surface area contributed by atoms with Crippen LogP contribution in [0.1, 0.15) is 23.7 Å². The van der Waals surface area contributed by atoms with Crippen molar-refractivity contribution in [3.05, 3.63) is 33.8 Å². The number of carbonyl (C=O) groups is 2. The Kier molecular flexibility index (Phi) is 5.95. The fourth-order valence-corrected chi connectivity index (χ4v) is 1.63. The summed E-state index contributed by atoms with van der Waals surface area (Å²) in [4.78, 5) is 23.1. The molecule has 4 nitrogen and oxygen atoms in total. The lowest BCUT2D eigenvalue weighted by molar-refractivity contribution is -0.120. The van der Waals surface area contributed by atoms with Gasteiger partial charge in [-0.3, -0.25) is 9.59 Å². The molecule has 18 heavy (non-hydrogen) atoms. The third-order valence-corrected chi connectivity index (χ3v) is 2.72. The summed E-state index contributed by atoms with van der Waals surface area (Å²) in [7, 11) is 0. The van der Waals surface area contributed by atoms with E-state index in [2.05, 4.69) is 10.6 Å². The molecule has 6 heteroatoms. The van der Waals surface area contributed by atoms with E-state index >= 15 is 0 Å². The minimum atomic E-state index is -0.422. The summed E-state index contributed by atoms with van der Waals surface area (Å²) in [5, 5.41) is 5.85. The fraction of sp³-hybridized carbons (Fsp3) is 0.333. The van der Waals surface area contributed by atoms with Gasteiger partial charge in [-0.25, -0.2) is 0 Å². The second kappa shape index (κ2) is 7.24. The van der Waals surface area contributed by atoms with Gasteiger partial charge in [-0.05, 0) is 24.6 Å². The van der Waals surface area contributed by atoms with Gasteiger partial charge in [-0.2, -0.15) is 0 Å². The van der Waals surface area contributed by atoms with Gasteiger partial charge in [0.05, 0.1) is 17.1 Å². The molecule has 1 aromatic carbocycles. The quantitative estimate of drug-likeness (QED) is 0.873. The number of nitrogens with one attached hydrogen (secondary N) is 2. The highest BCUT2D eigenvalue weighted by Gasteiger charge is 2.11. The molecular formula is C12H14Cl2N2O2. The topological polar surface area (TPSA) is 58.2 Å². The molecule has 0 aliphatic heterocycles. The first-order valence-electron chi connectivity index (χ1n) is 5.54. The Balaban J connectivity index is 2.55. The Morgan fingerprint density at radius 3 is 2.61 bits per heavy atom. The van der Waals surface area contributed by atoms with Gasteiger partial charge in [0.2, 0.25) is 5.91 Å². The van der Waals surface area contributed by atoms with Crippen molar-refractivity contribution in [2.24, 2.45) is 0 Å². The molecule has 2 N–H and O–H groups in total. The van der Waals surface area contributed by atoms with Gasteiger partial charge in [-0.1, -0.05) is 30.1 Å². The number of benzene rings is 1. The van der Waals surface area contributed by atoms with Gasteiger partial charge in [0.15, 0.2) is 0 Å². The summed E-state index contributed by atoms with van der Waals surface area (Å²) in [5.74, 6) is -0.655. The monoisotopic (exact) mass is 288 g/mol. The molecule has 0 spiro atoms. The highest BCUT2D eigenvalue weighted by molar-refractivity contribution is 6.35. The van der Waals surface area contributed by atoms with Crippen LogP contribution in [0.2, 0.25) is 10.0 Å². The molecule has 0 aliphatic rings. The smallest absolute Gasteiger partial charge is 0.253 e. The van der Waals surface area contributed by atoms with E-state index in [1.54, 1.807) is 6.07 Å². The lowest BCUT2D eigenvalue weighted by Crippen LogP contribution is -2.37. The van der Waals surface area contributed by atoms with Crippen molar-refractivity contribution in [1.29, 1.82) is 0 Å². The van der Waals surface area contributed by atoms with Crippen LogP contribution >= 0.6 is 23.2 Å². The van der Waals surface area contributed by atoms with E-state index < -0.39 is 5.91 Å². The molecule has 0 atom stereocenters. The van der Waals surface area contributed by atoms with E-state index in [1.807, 2.05) is 6.92 Å². The van der Waals surface area contributed by atoms with Crippen molar-refractivity contribution < 1.29 is 9.59 Å². The third-order valence-electron chi connectivity index (χ3n) is 2.15. The largest absolute Gasteiger partial charge is 0.355 e. The zero-order chi connectivity index (χ0) is 13.5. The Hall–Kier alpha value is -1.26. The normalized spacial score (nSPS) is 9.94. The average molecular weight is 289 g/mol. The van der Waals surface area contributed by atoms with Gasteiger partial charge >= 0.3 is 0 Å². The molecule has 0 radical (unpaired) electrons. The Morgan fingerprint density at radius 1 is 1.22 bits per heavy atom. The van der Waals surface area contributed by atoms with Crippen LogP contribution in [0.25, 0.3) is 0 Å². The minimum Gasteiger partial charge on any atom is -0.355 e. The van der Waals surface area contributed by atoms with Crippen molar-refractivity contribution in [3.63, 3.8) is 0 Å². The van der Waals surface area contributed by atoms with E-state index in [1.165, 1.54) is 12.1 Å². The predicted octanol–water partition coefficient (Wildman–Crippen LogP) is 2.25. The summed E-state index contributed by atoms with van der Waals surface area (Å²) < 4.78 is 0. The van der Waals surface area contributed by atoms with E-state index in [-0.39, 0.29) is 18.0 Å². The number of hydrogen-bond donors (Lipinski definition) is 2. The molecule has 0 aliphatic carbocycles. The number of carbonyl (C=O) groups excluding carboxylic acids is 2. The van der Waals surface area contributed by atoms with Gasteiger partial charge in [0.25, 0.3) is 5.91 Å². The van der Waals surface area contributed by atoms with Gasteiger partial charge < -0.3 is 10.6 Å².